The maximum Gasteiger partial charge on any atom is 0.161 e. The molecule has 92 valence electrons. The largest absolute Gasteiger partial charge is 0.515 e. The summed E-state index contributed by atoms with van der Waals surface area (Å²) in [5.41, 5.74) is 0.638. The highest BCUT2D eigenvalue weighted by molar-refractivity contribution is 5.94. The average Bonchev–Trinajstić information content (AvgIpc) is 2.31. The number of Topliss-reactive ketones (excluding diaryl/α,β-unsaturated/α-hetero) is 1. The van der Waals surface area contributed by atoms with Crippen LogP contribution in [0.25, 0.3) is 0 Å². The first-order chi connectivity index (χ1) is 7.84. The first-order valence-electron chi connectivity index (χ1n) is 6.71. The number of hydrogen-bond acceptors (Lipinski definition) is 2. The minimum absolute atomic E-state index is 0.154. The van der Waals surface area contributed by atoms with Gasteiger partial charge in [-0.1, -0.05) is 44.9 Å². The maximum absolute atomic E-state index is 11.7. The summed E-state index contributed by atoms with van der Waals surface area (Å²) in [5.74, 6) is 0.154. The van der Waals surface area contributed by atoms with Crippen LogP contribution in [0.15, 0.2) is 11.8 Å². The van der Waals surface area contributed by atoms with Gasteiger partial charge in [-0.25, -0.2) is 0 Å². The molecule has 0 radical (unpaired) electrons. The van der Waals surface area contributed by atoms with Crippen LogP contribution in [0.3, 0.4) is 0 Å². The molecule has 1 aliphatic carbocycles. The second kappa shape index (κ2) is 8.37. The number of carbonyl (C=O) groups is 1. The molecule has 0 unspecified atom stereocenters. The van der Waals surface area contributed by atoms with Crippen LogP contribution in [0.5, 0.6) is 0 Å². The van der Waals surface area contributed by atoms with Crippen LogP contribution >= 0.6 is 0 Å². The lowest BCUT2D eigenvalue weighted by molar-refractivity contribution is -0.115. The van der Waals surface area contributed by atoms with E-state index in [1.807, 2.05) is 0 Å². The van der Waals surface area contributed by atoms with Crippen LogP contribution in [0, 0.1) is 0 Å². The van der Waals surface area contributed by atoms with Gasteiger partial charge in [0, 0.05) is 12.0 Å². The highest BCUT2D eigenvalue weighted by Crippen LogP contribution is 2.17. The van der Waals surface area contributed by atoms with Crippen molar-refractivity contribution in [2.45, 2.75) is 70.6 Å². The van der Waals surface area contributed by atoms with Crippen molar-refractivity contribution in [3.05, 3.63) is 11.8 Å². The van der Waals surface area contributed by atoms with E-state index >= 15 is 0 Å². The molecule has 1 N–H and O–H groups in total. The zero-order valence-electron chi connectivity index (χ0n) is 10.2. The molecule has 0 saturated heterocycles. The number of carbonyl (C=O) groups excluding carboxylic acids is 1. The molecule has 1 rings (SSSR count). The Morgan fingerprint density at radius 1 is 0.750 bits per heavy atom. The third kappa shape index (κ3) is 5.34. The van der Waals surface area contributed by atoms with Gasteiger partial charge in [-0.05, 0) is 19.3 Å². The quantitative estimate of drug-likeness (QED) is 0.492. The Hall–Kier alpha value is -0.790. The minimum Gasteiger partial charge on any atom is -0.515 e. The van der Waals surface area contributed by atoms with E-state index < -0.39 is 0 Å². The summed E-state index contributed by atoms with van der Waals surface area (Å²) in [6.45, 7) is 0. The average molecular weight is 224 g/mol. The first-order valence-corrected chi connectivity index (χ1v) is 6.71. The van der Waals surface area contributed by atoms with Gasteiger partial charge in [-0.3, -0.25) is 4.79 Å². The standard InChI is InChI=1S/C14H24O2/c15-12-13-10-8-6-4-2-1-3-5-7-9-11-14(13)16/h12,15H,1-11H2. The van der Waals surface area contributed by atoms with E-state index in [4.69, 9.17) is 5.11 Å². The molecule has 0 amide bonds. The van der Waals surface area contributed by atoms with Gasteiger partial charge in [0.1, 0.15) is 0 Å². The van der Waals surface area contributed by atoms with Gasteiger partial charge in [-0.15, -0.1) is 0 Å². The summed E-state index contributed by atoms with van der Waals surface area (Å²) >= 11 is 0. The number of aliphatic hydroxyl groups is 1. The number of rotatable bonds is 0. The summed E-state index contributed by atoms with van der Waals surface area (Å²) in [5, 5.41) is 9.04. The number of aliphatic hydroxyl groups excluding tert-OH is 1. The number of ketones is 1. The van der Waals surface area contributed by atoms with Crippen LogP contribution in [-0.4, -0.2) is 10.9 Å². The molecule has 1 aliphatic rings. The van der Waals surface area contributed by atoms with Crippen molar-refractivity contribution in [2.24, 2.45) is 0 Å². The number of hydrogen-bond donors (Lipinski definition) is 1. The topological polar surface area (TPSA) is 37.3 Å². The molecule has 0 aliphatic heterocycles. The molecule has 0 atom stereocenters. The van der Waals surface area contributed by atoms with Crippen LogP contribution in [0.1, 0.15) is 70.6 Å². The fraction of sp³-hybridized carbons (Fsp3) is 0.786. The first kappa shape index (κ1) is 13.3. The predicted molar refractivity (Wildman–Crippen MR) is 66.5 cm³/mol. The van der Waals surface area contributed by atoms with Crippen LogP contribution in [-0.2, 0) is 4.79 Å². The lowest BCUT2D eigenvalue weighted by Gasteiger charge is -2.04. The summed E-state index contributed by atoms with van der Waals surface area (Å²) in [7, 11) is 0. The van der Waals surface area contributed by atoms with Crippen molar-refractivity contribution >= 4 is 5.78 Å². The predicted octanol–water partition coefficient (Wildman–Crippen LogP) is 4.30. The molecule has 0 bridgehead atoms. The normalized spacial score (nSPS) is 24.5. The van der Waals surface area contributed by atoms with Crippen LogP contribution in [0.4, 0.5) is 0 Å². The van der Waals surface area contributed by atoms with Crippen molar-refractivity contribution in [1.82, 2.24) is 0 Å². The molecular formula is C14H24O2. The van der Waals surface area contributed by atoms with Crippen molar-refractivity contribution in [3.63, 3.8) is 0 Å². The Bertz CT molecular complexity index is 231. The van der Waals surface area contributed by atoms with Gasteiger partial charge in [0.05, 0.1) is 6.26 Å². The van der Waals surface area contributed by atoms with E-state index in [2.05, 4.69) is 0 Å². The van der Waals surface area contributed by atoms with E-state index in [0.29, 0.717) is 12.0 Å². The Labute approximate surface area is 98.7 Å². The fourth-order valence-electron chi connectivity index (χ4n) is 2.27. The molecule has 0 aromatic heterocycles. The van der Waals surface area contributed by atoms with Gasteiger partial charge in [0.2, 0.25) is 0 Å². The number of allylic oxidation sites excluding steroid dienone is 1. The van der Waals surface area contributed by atoms with Crippen LogP contribution in [0.2, 0.25) is 0 Å². The molecule has 2 nitrogen and oxygen atoms in total. The summed E-state index contributed by atoms with van der Waals surface area (Å²) in [6.07, 6.45) is 13.3. The van der Waals surface area contributed by atoms with Gasteiger partial charge >= 0.3 is 0 Å². The Morgan fingerprint density at radius 3 is 1.69 bits per heavy atom. The van der Waals surface area contributed by atoms with E-state index in [-0.39, 0.29) is 5.78 Å². The van der Waals surface area contributed by atoms with E-state index in [9.17, 15) is 4.79 Å². The summed E-state index contributed by atoms with van der Waals surface area (Å²) in [4.78, 5) is 11.7. The second-order valence-electron chi connectivity index (χ2n) is 4.76. The Kier molecular flexibility index (Phi) is 6.95. The van der Waals surface area contributed by atoms with Gasteiger partial charge < -0.3 is 5.11 Å². The molecule has 0 aromatic carbocycles. The monoisotopic (exact) mass is 224 g/mol. The van der Waals surface area contributed by atoms with Crippen LogP contribution < -0.4 is 0 Å². The van der Waals surface area contributed by atoms with Crippen molar-refractivity contribution in [3.8, 4) is 0 Å². The Morgan fingerprint density at radius 2 is 1.19 bits per heavy atom. The Balaban J connectivity index is 2.40. The molecule has 1 fully saturated rings. The van der Waals surface area contributed by atoms with E-state index in [1.165, 1.54) is 38.5 Å². The highest BCUT2D eigenvalue weighted by atomic mass is 16.2. The lowest BCUT2D eigenvalue weighted by Crippen LogP contribution is -2.03. The van der Waals surface area contributed by atoms with Gasteiger partial charge in [0.25, 0.3) is 0 Å². The second-order valence-corrected chi connectivity index (χ2v) is 4.76. The van der Waals surface area contributed by atoms with Gasteiger partial charge in [-0.2, -0.15) is 0 Å². The molecule has 1 saturated carbocycles. The molecule has 0 heterocycles. The molecular weight excluding hydrogens is 200 g/mol. The lowest BCUT2D eigenvalue weighted by atomic mass is 10.0. The summed E-state index contributed by atoms with van der Waals surface area (Å²) < 4.78 is 0. The third-order valence-corrected chi connectivity index (χ3v) is 3.36. The minimum atomic E-state index is 0.154. The third-order valence-electron chi connectivity index (χ3n) is 3.36. The summed E-state index contributed by atoms with van der Waals surface area (Å²) in [6, 6.07) is 0. The van der Waals surface area contributed by atoms with E-state index in [1.54, 1.807) is 0 Å². The maximum atomic E-state index is 11.7. The smallest absolute Gasteiger partial charge is 0.161 e. The molecule has 0 spiro atoms. The SMILES string of the molecule is O=C1CCCCCCCCCCCC1=CO. The van der Waals surface area contributed by atoms with Gasteiger partial charge in [0.15, 0.2) is 5.78 Å². The zero-order valence-corrected chi connectivity index (χ0v) is 10.2. The highest BCUT2D eigenvalue weighted by Gasteiger charge is 2.09. The molecule has 16 heavy (non-hydrogen) atoms. The molecule has 2 heteroatoms. The molecule has 0 aromatic rings. The van der Waals surface area contributed by atoms with E-state index in [0.717, 1.165) is 31.9 Å². The van der Waals surface area contributed by atoms with Crippen molar-refractivity contribution < 1.29 is 9.90 Å². The van der Waals surface area contributed by atoms with Crippen molar-refractivity contribution in [1.29, 1.82) is 0 Å². The van der Waals surface area contributed by atoms with Crippen molar-refractivity contribution in [2.75, 3.05) is 0 Å². The zero-order chi connectivity index (χ0) is 11.6. The fourth-order valence-corrected chi connectivity index (χ4v) is 2.27.